The molecule has 0 bridgehead atoms. The molecule has 126 valence electrons. The molecule has 0 aliphatic heterocycles. The monoisotopic (exact) mass is 389 g/mol. The summed E-state index contributed by atoms with van der Waals surface area (Å²) in [6, 6.07) is 9.67. The number of aromatic nitrogens is 3. The van der Waals surface area contributed by atoms with Gasteiger partial charge in [0.2, 0.25) is 5.78 Å². The quantitative estimate of drug-likeness (QED) is 0.447. The SMILES string of the molecule is COc1ccc(-c2nc3ncccn3c2-c2sc(Cl)c(Cl)c2C)cc1. The lowest BCUT2D eigenvalue weighted by atomic mass is 10.1. The summed E-state index contributed by atoms with van der Waals surface area (Å²) < 4.78 is 7.79. The van der Waals surface area contributed by atoms with Crippen LogP contribution in [0.25, 0.3) is 27.6 Å². The molecule has 7 heteroatoms. The van der Waals surface area contributed by atoms with Crippen LogP contribution in [-0.4, -0.2) is 21.5 Å². The van der Waals surface area contributed by atoms with Crippen LogP contribution < -0.4 is 4.74 Å². The lowest BCUT2D eigenvalue weighted by molar-refractivity contribution is 0.415. The highest BCUT2D eigenvalue weighted by Gasteiger charge is 2.22. The van der Waals surface area contributed by atoms with Gasteiger partial charge in [-0.3, -0.25) is 4.40 Å². The number of hydrogen-bond acceptors (Lipinski definition) is 4. The van der Waals surface area contributed by atoms with Gasteiger partial charge in [-0.05, 0) is 42.8 Å². The van der Waals surface area contributed by atoms with Gasteiger partial charge in [0.05, 0.1) is 28.4 Å². The Hall–Kier alpha value is -2.08. The van der Waals surface area contributed by atoms with Crippen molar-refractivity contribution in [3.05, 3.63) is 57.6 Å². The van der Waals surface area contributed by atoms with Crippen LogP contribution in [0.3, 0.4) is 0 Å². The van der Waals surface area contributed by atoms with Gasteiger partial charge in [-0.2, -0.15) is 0 Å². The summed E-state index contributed by atoms with van der Waals surface area (Å²) in [5.74, 6) is 1.42. The highest BCUT2D eigenvalue weighted by atomic mass is 35.5. The number of imidazole rings is 1. The zero-order valence-electron chi connectivity index (χ0n) is 13.5. The first kappa shape index (κ1) is 16.4. The highest BCUT2D eigenvalue weighted by Crippen LogP contribution is 2.45. The van der Waals surface area contributed by atoms with Crippen molar-refractivity contribution >= 4 is 40.3 Å². The van der Waals surface area contributed by atoms with Crippen LogP contribution in [0.15, 0.2) is 42.7 Å². The average molecular weight is 390 g/mol. The summed E-state index contributed by atoms with van der Waals surface area (Å²) >= 11 is 14.0. The number of fused-ring (bicyclic) bond motifs is 1. The topological polar surface area (TPSA) is 39.4 Å². The maximum absolute atomic E-state index is 6.32. The first-order valence-electron chi connectivity index (χ1n) is 7.52. The third kappa shape index (κ3) is 2.68. The fraction of sp³-hybridized carbons (Fsp3) is 0.111. The summed E-state index contributed by atoms with van der Waals surface area (Å²) in [6.45, 7) is 1.97. The summed E-state index contributed by atoms with van der Waals surface area (Å²) in [6.07, 6.45) is 3.67. The Balaban J connectivity index is 2.02. The van der Waals surface area contributed by atoms with Crippen LogP contribution in [0.5, 0.6) is 5.75 Å². The molecular formula is C18H13Cl2N3OS. The molecule has 0 aliphatic carbocycles. The molecule has 4 nitrogen and oxygen atoms in total. The summed E-state index contributed by atoms with van der Waals surface area (Å²) in [5.41, 5.74) is 3.68. The highest BCUT2D eigenvalue weighted by molar-refractivity contribution is 7.20. The van der Waals surface area contributed by atoms with Gasteiger partial charge in [0.15, 0.2) is 0 Å². The van der Waals surface area contributed by atoms with E-state index >= 15 is 0 Å². The smallest absolute Gasteiger partial charge is 0.234 e. The van der Waals surface area contributed by atoms with Gasteiger partial charge in [0.1, 0.15) is 10.1 Å². The van der Waals surface area contributed by atoms with E-state index in [0.717, 1.165) is 33.1 Å². The molecule has 0 fully saturated rings. The summed E-state index contributed by atoms with van der Waals surface area (Å²) in [5, 5.41) is 0.584. The molecule has 25 heavy (non-hydrogen) atoms. The number of thiophene rings is 1. The van der Waals surface area contributed by atoms with Gasteiger partial charge in [0, 0.05) is 18.0 Å². The van der Waals surface area contributed by atoms with Crippen molar-refractivity contribution in [3.8, 4) is 27.6 Å². The van der Waals surface area contributed by atoms with Crippen molar-refractivity contribution < 1.29 is 4.74 Å². The summed E-state index contributed by atoms with van der Waals surface area (Å²) in [7, 11) is 1.65. The van der Waals surface area contributed by atoms with Crippen LogP contribution in [-0.2, 0) is 0 Å². The second-order valence-electron chi connectivity index (χ2n) is 5.47. The minimum absolute atomic E-state index is 0.577. The van der Waals surface area contributed by atoms with E-state index in [1.165, 1.54) is 11.3 Å². The Bertz CT molecular complexity index is 1070. The van der Waals surface area contributed by atoms with Gasteiger partial charge >= 0.3 is 0 Å². The Morgan fingerprint density at radius 3 is 2.56 bits per heavy atom. The maximum atomic E-state index is 6.32. The third-order valence-electron chi connectivity index (χ3n) is 4.02. The zero-order chi connectivity index (χ0) is 17.6. The fourth-order valence-corrected chi connectivity index (χ4v) is 4.35. The van der Waals surface area contributed by atoms with E-state index in [-0.39, 0.29) is 0 Å². The van der Waals surface area contributed by atoms with Crippen molar-refractivity contribution in [2.75, 3.05) is 7.11 Å². The van der Waals surface area contributed by atoms with Crippen LogP contribution >= 0.6 is 34.5 Å². The van der Waals surface area contributed by atoms with E-state index in [9.17, 15) is 0 Å². The molecule has 0 unspecified atom stereocenters. The number of benzene rings is 1. The average Bonchev–Trinajstić information content (AvgIpc) is 3.14. The second-order valence-corrected chi connectivity index (χ2v) is 7.47. The van der Waals surface area contributed by atoms with Gasteiger partial charge in [-0.1, -0.05) is 23.2 Å². The van der Waals surface area contributed by atoms with Crippen molar-refractivity contribution in [1.29, 1.82) is 0 Å². The number of rotatable bonds is 3. The van der Waals surface area contributed by atoms with E-state index in [0.29, 0.717) is 15.1 Å². The van der Waals surface area contributed by atoms with Crippen LogP contribution in [0.4, 0.5) is 0 Å². The van der Waals surface area contributed by atoms with Crippen molar-refractivity contribution in [2.24, 2.45) is 0 Å². The minimum atomic E-state index is 0.577. The largest absolute Gasteiger partial charge is 0.497 e. The van der Waals surface area contributed by atoms with Gasteiger partial charge in [-0.25, -0.2) is 9.97 Å². The Kier molecular flexibility index (Phi) is 4.15. The Morgan fingerprint density at radius 2 is 1.92 bits per heavy atom. The fourth-order valence-electron chi connectivity index (χ4n) is 2.74. The molecule has 0 saturated carbocycles. The molecule has 0 radical (unpaired) electrons. The van der Waals surface area contributed by atoms with Crippen LogP contribution in [0.1, 0.15) is 5.56 Å². The van der Waals surface area contributed by atoms with E-state index < -0.39 is 0 Å². The number of nitrogens with zero attached hydrogens (tertiary/aromatic N) is 3. The van der Waals surface area contributed by atoms with Crippen molar-refractivity contribution in [3.63, 3.8) is 0 Å². The third-order valence-corrected chi connectivity index (χ3v) is 6.20. The Labute approximate surface area is 158 Å². The first-order valence-corrected chi connectivity index (χ1v) is 9.09. The molecule has 0 amide bonds. The van der Waals surface area contributed by atoms with E-state index in [1.807, 2.05) is 47.9 Å². The predicted octanol–water partition coefficient (Wildman–Crippen LogP) is 5.75. The van der Waals surface area contributed by atoms with E-state index in [4.69, 9.17) is 32.9 Å². The van der Waals surface area contributed by atoms with Gasteiger partial charge < -0.3 is 4.74 Å². The molecule has 0 aliphatic rings. The van der Waals surface area contributed by atoms with Crippen molar-refractivity contribution in [2.45, 2.75) is 6.92 Å². The molecule has 3 aromatic heterocycles. The molecule has 0 spiro atoms. The molecule has 0 atom stereocenters. The molecule has 4 rings (SSSR count). The normalized spacial score (nSPS) is 11.2. The van der Waals surface area contributed by atoms with Crippen molar-refractivity contribution in [1.82, 2.24) is 14.4 Å². The lowest BCUT2D eigenvalue weighted by Crippen LogP contribution is -1.90. The van der Waals surface area contributed by atoms with Gasteiger partial charge in [-0.15, -0.1) is 11.3 Å². The molecule has 0 N–H and O–H groups in total. The second kappa shape index (κ2) is 6.33. The molecule has 1 aromatic carbocycles. The number of hydrogen-bond donors (Lipinski definition) is 0. The number of halogens is 2. The van der Waals surface area contributed by atoms with Crippen LogP contribution in [0.2, 0.25) is 9.36 Å². The number of methoxy groups -OCH3 is 1. The van der Waals surface area contributed by atoms with E-state index in [1.54, 1.807) is 13.3 Å². The molecule has 0 saturated heterocycles. The lowest BCUT2D eigenvalue weighted by Gasteiger charge is -2.06. The minimum Gasteiger partial charge on any atom is -0.497 e. The standard InChI is InChI=1S/C18H13Cl2N3OS/c1-10-13(19)17(20)25-16(10)15-14(11-4-6-12(24-2)7-5-11)22-18-21-8-3-9-23(15)18/h3-9H,1-2H3. The molecule has 3 heterocycles. The zero-order valence-corrected chi connectivity index (χ0v) is 15.8. The summed E-state index contributed by atoms with van der Waals surface area (Å²) in [4.78, 5) is 10.1. The van der Waals surface area contributed by atoms with E-state index in [2.05, 4.69) is 4.98 Å². The molecule has 4 aromatic rings. The molecular weight excluding hydrogens is 377 g/mol. The Morgan fingerprint density at radius 1 is 1.16 bits per heavy atom. The predicted molar refractivity (Wildman–Crippen MR) is 103 cm³/mol. The number of ether oxygens (including phenoxy) is 1. The first-order chi connectivity index (χ1) is 12.1. The van der Waals surface area contributed by atoms with Crippen LogP contribution in [0, 0.1) is 6.92 Å². The maximum Gasteiger partial charge on any atom is 0.234 e. The van der Waals surface area contributed by atoms with Gasteiger partial charge in [0.25, 0.3) is 0 Å².